The third-order valence-corrected chi connectivity index (χ3v) is 3.03. The number of ether oxygens (including phenoxy) is 2. The Balaban J connectivity index is 2.76. The number of carbonyl (C=O) groups excluding carboxylic acids is 1. The van der Waals surface area contributed by atoms with Crippen molar-refractivity contribution < 1.29 is 28.6 Å². The minimum absolute atomic E-state index is 0.00662. The summed E-state index contributed by atoms with van der Waals surface area (Å²) >= 11 is 0. The SMILES string of the molecule is COCCOc1ccc(F)cc1NC(=O)CC(C)(C)CC(=O)O. The fraction of sp³-hybridized carbons (Fsp3) is 0.500. The largest absolute Gasteiger partial charge is 0.489 e. The average Bonchev–Trinajstić information content (AvgIpc) is 2.39. The summed E-state index contributed by atoms with van der Waals surface area (Å²) in [5.74, 6) is -1.56. The number of nitrogens with one attached hydrogen (secondary N) is 1. The molecule has 0 fully saturated rings. The standard InChI is InChI=1S/C16H22FNO5/c1-16(2,10-15(20)21)9-14(19)18-12-8-11(17)4-5-13(12)23-7-6-22-3/h4-5,8H,6-7,9-10H2,1-3H3,(H,18,19)(H,20,21). The summed E-state index contributed by atoms with van der Waals surface area (Å²) < 4.78 is 23.7. The van der Waals surface area contributed by atoms with Crippen molar-refractivity contribution in [2.24, 2.45) is 5.41 Å². The van der Waals surface area contributed by atoms with Crippen molar-refractivity contribution in [2.75, 3.05) is 25.6 Å². The molecule has 0 aromatic heterocycles. The van der Waals surface area contributed by atoms with Crippen LogP contribution < -0.4 is 10.1 Å². The number of amides is 1. The Hall–Kier alpha value is -2.15. The molecule has 7 heteroatoms. The average molecular weight is 327 g/mol. The smallest absolute Gasteiger partial charge is 0.303 e. The number of halogens is 1. The highest BCUT2D eigenvalue weighted by Crippen LogP contribution is 2.29. The molecule has 0 bridgehead atoms. The number of aliphatic carboxylic acids is 1. The summed E-state index contributed by atoms with van der Waals surface area (Å²) in [6.45, 7) is 3.98. The molecular formula is C16H22FNO5. The number of rotatable bonds is 9. The van der Waals surface area contributed by atoms with Crippen LogP contribution in [0, 0.1) is 11.2 Å². The van der Waals surface area contributed by atoms with E-state index < -0.39 is 23.1 Å². The van der Waals surface area contributed by atoms with E-state index >= 15 is 0 Å². The van der Waals surface area contributed by atoms with Gasteiger partial charge in [-0.05, 0) is 17.5 Å². The van der Waals surface area contributed by atoms with Gasteiger partial charge in [0.15, 0.2) is 0 Å². The minimum Gasteiger partial charge on any atom is -0.489 e. The van der Waals surface area contributed by atoms with Crippen molar-refractivity contribution in [1.82, 2.24) is 0 Å². The third-order valence-electron chi connectivity index (χ3n) is 3.03. The monoisotopic (exact) mass is 327 g/mol. The van der Waals surface area contributed by atoms with E-state index in [1.807, 2.05) is 0 Å². The fourth-order valence-corrected chi connectivity index (χ4v) is 2.06. The molecule has 0 saturated heterocycles. The molecule has 0 aliphatic carbocycles. The summed E-state index contributed by atoms with van der Waals surface area (Å²) in [5, 5.41) is 11.4. The van der Waals surface area contributed by atoms with E-state index in [4.69, 9.17) is 14.6 Å². The zero-order valence-corrected chi connectivity index (χ0v) is 13.5. The van der Waals surface area contributed by atoms with E-state index in [1.54, 1.807) is 13.8 Å². The van der Waals surface area contributed by atoms with E-state index in [0.717, 1.165) is 6.07 Å². The molecule has 1 amide bonds. The first kappa shape index (κ1) is 18.9. The lowest BCUT2D eigenvalue weighted by Crippen LogP contribution is -2.25. The summed E-state index contributed by atoms with van der Waals surface area (Å²) in [6.07, 6.45) is -0.145. The molecule has 0 atom stereocenters. The summed E-state index contributed by atoms with van der Waals surface area (Å²) in [6, 6.07) is 3.80. The Bertz CT molecular complexity index is 559. The molecule has 1 aromatic rings. The van der Waals surface area contributed by atoms with Crippen LogP contribution in [0.1, 0.15) is 26.7 Å². The molecular weight excluding hydrogens is 305 g/mol. The van der Waals surface area contributed by atoms with Gasteiger partial charge in [0.05, 0.1) is 18.7 Å². The molecule has 0 aliphatic rings. The van der Waals surface area contributed by atoms with Crippen molar-refractivity contribution >= 4 is 17.6 Å². The number of hydrogen-bond acceptors (Lipinski definition) is 4. The maximum absolute atomic E-state index is 13.4. The van der Waals surface area contributed by atoms with Crippen molar-refractivity contribution in [2.45, 2.75) is 26.7 Å². The highest BCUT2D eigenvalue weighted by Gasteiger charge is 2.25. The van der Waals surface area contributed by atoms with Gasteiger partial charge in [0.1, 0.15) is 18.2 Å². The Labute approximate surface area is 134 Å². The number of carbonyl (C=O) groups is 2. The van der Waals surface area contributed by atoms with Crippen LogP contribution in [-0.4, -0.2) is 37.3 Å². The number of anilines is 1. The first-order valence-corrected chi connectivity index (χ1v) is 7.16. The molecule has 1 aromatic carbocycles. The van der Waals surface area contributed by atoms with Gasteiger partial charge in [-0.2, -0.15) is 0 Å². The molecule has 23 heavy (non-hydrogen) atoms. The van der Waals surface area contributed by atoms with Crippen LogP contribution in [0.2, 0.25) is 0 Å². The molecule has 0 aliphatic heterocycles. The third kappa shape index (κ3) is 7.10. The van der Waals surface area contributed by atoms with Gasteiger partial charge in [-0.15, -0.1) is 0 Å². The Kier molecular flexibility index (Phi) is 6.96. The zero-order valence-electron chi connectivity index (χ0n) is 13.5. The molecule has 0 spiro atoms. The first-order chi connectivity index (χ1) is 10.7. The van der Waals surface area contributed by atoms with Crippen molar-refractivity contribution in [3.63, 3.8) is 0 Å². The van der Waals surface area contributed by atoms with Crippen molar-refractivity contribution in [3.05, 3.63) is 24.0 Å². The lowest BCUT2D eigenvalue weighted by molar-refractivity contribution is -0.139. The molecule has 6 nitrogen and oxygen atoms in total. The van der Waals surface area contributed by atoms with Crippen LogP contribution >= 0.6 is 0 Å². The number of hydrogen-bond donors (Lipinski definition) is 2. The zero-order chi connectivity index (χ0) is 17.5. The van der Waals surface area contributed by atoms with Gasteiger partial charge in [0.2, 0.25) is 5.91 Å². The number of carboxylic acid groups (broad SMARTS) is 1. The predicted octanol–water partition coefficient (Wildman–Crippen LogP) is 2.68. The number of carboxylic acids is 1. The van der Waals surface area contributed by atoms with Gasteiger partial charge in [0.25, 0.3) is 0 Å². The molecule has 2 N–H and O–H groups in total. The molecule has 0 unspecified atom stereocenters. The van der Waals surface area contributed by atoms with E-state index in [1.165, 1.54) is 19.2 Å². The maximum Gasteiger partial charge on any atom is 0.303 e. The van der Waals surface area contributed by atoms with Gasteiger partial charge in [-0.1, -0.05) is 13.8 Å². The van der Waals surface area contributed by atoms with Crippen LogP contribution in [-0.2, 0) is 14.3 Å². The molecule has 1 rings (SSSR count). The van der Waals surface area contributed by atoms with Crippen LogP contribution in [0.5, 0.6) is 5.75 Å². The topological polar surface area (TPSA) is 84.9 Å². The lowest BCUT2D eigenvalue weighted by atomic mass is 9.85. The van der Waals surface area contributed by atoms with Gasteiger partial charge in [-0.3, -0.25) is 9.59 Å². The van der Waals surface area contributed by atoms with Crippen LogP contribution in [0.15, 0.2) is 18.2 Å². The fourth-order valence-electron chi connectivity index (χ4n) is 2.06. The van der Waals surface area contributed by atoms with Gasteiger partial charge in [0, 0.05) is 19.6 Å². The summed E-state index contributed by atoms with van der Waals surface area (Å²) in [4.78, 5) is 22.9. The number of benzene rings is 1. The van der Waals surface area contributed by atoms with Crippen molar-refractivity contribution in [1.29, 1.82) is 0 Å². The van der Waals surface area contributed by atoms with Gasteiger partial charge in [-0.25, -0.2) is 4.39 Å². The van der Waals surface area contributed by atoms with E-state index in [9.17, 15) is 14.0 Å². The summed E-state index contributed by atoms with van der Waals surface area (Å²) in [5.41, 5.74) is -0.502. The quantitative estimate of drug-likeness (QED) is 0.681. The van der Waals surface area contributed by atoms with Crippen LogP contribution in [0.3, 0.4) is 0 Å². The number of methoxy groups -OCH3 is 1. The Morgan fingerprint density at radius 1 is 1.26 bits per heavy atom. The van der Waals surface area contributed by atoms with Gasteiger partial charge >= 0.3 is 5.97 Å². The Morgan fingerprint density at radius 2 is 1.96 bits per heavy atom. The highest BCUT2D eigenvalue weighted by molar-refractivity contribution is 5.92. The molecule has 0 radical (unpaired) electrons. The molecule has 128 valence electrons. The molecule has 0 heterocycles. The van der Waals surface area contributed by atoms with Crippen molar-refractivity contribution in [3.8, 4) is 5.75 Å². The van der Waals surface area contributed by atoms with E-state index in [-0.39, 0.29) is 25.1 Å². The maximum atomic E-state index is 13.4. The Morgan fingerprint density at radius 3 is 2.57 bits per heavy atom. The van der Waals surface area contributed by atoms with E-state index in [0.29, 0.717) is 12.4 Å². The van der Waals surface area contributed by atoms with Crippen LogP contribution in [0.25, 0.3) is 0 Å². The molecule has 0 saturated carbocycles. The normalized spacial score (nSPS) is 11.1. The second-order valence-corrected chi connectivity index (χ2v) is 5.94. The second-order valence-electron chi connectivity index (χ2n) is 5.94. The highest BCUT2D eigenvalue weighted by atomic mass is 19.1. The van der Waals surface area contributed by atoms with E-state index in [2.05, 4.69) is 5.32 Å². The first-order valence-electron chi connectivity index (χ1n) is 7.16. The lowest BCUT2D eigenvalue weighted by Gasteiger charge is -2.22. The van der Waals surface area contributed by atoms with Crippen LogP contribution in [0.4, 0.5) is 10.1 Å². The summed E-state index contributed by atoms with van der Waals surface area (Å²) in [7, 11) is 1.53. The minimum atomic E-state index is -0.975. The van der Waals surface area contributed by atoms with Gasteiger partial charge < -0.3 is 19.9 Å². The predicted molar refractivity (Wildman–Crippen MR) is 83.1 cm³/mol. The second kappa shape index (κ2) is 8.47.